The van der Waals surface area contributed by atoms with Gasteiger partial charge in [0.2, 0.25) is 0 Å². The second-order valence-corrected chi connectivity index (χ2v) is 9.64. The average molecular weight is 451 g/mol. The molecule has 0 saturated heterocycles. The zero-order valence-corrected chi connectivity index (χ0v) is 19.2. The van der Waals surface area contributed by atoms with Crippen molar-refractivity contribution in [2.24, 2.45) is 0 Å². The van der Waals surface area contributed by atoms with E-state index in [9.17, 15) is 0 Å². The summed E-state index contributed by atoms with van der Waals surface area (Å²) in [6, 6.07) is 14.9. The smallest absolute Gasteiger partial charge is 0.165 e. The highest BCUT2D eigenvalue weighted by Gasteiger charge is 2.40. The van der Waals surface area contributed by atoms with Crippen molar-refractivity contribution in [3.63, 3.8) is 0 Å². The van der Waals surface area contributed by atoms with E-state index >= 15 is 0 Å². The molecule has 2 atom stereocenters. The number of hydrogen-bond acceptors (Lipinski definition) is 4. The summed E-state index contributed by atoms with van der Waals surface area (Å²) < 4.78 is 25.3. The first-order valence-electron chi connectivity index (χ1n) is 12.1. The van der Waals surface area contributed by atoms with Gasteiger partial charge in [-0.05, 0) is 54.5 Å². The minimum atomic E-state index is -0.390. The maximum Gasteiger partial charge on any atom is 0.165 e. The van der Waals surface area contributed by atoms with Gasteiger partial charge in [-0.3, -0.25) is 0 Å². The molecule has 3 aromatic rings. The predicted molar refractivity (Wildman–Crippen MR) is 133 cm³/mol. The lowest BCUT2D eigenvalue weighted by Crippen LogP contribution is -2.32. The van der Waals surface area contributed by atoms with Crippen LogP contribution in [0.4, 0.5) is 0 Å². The summed E-state index contributed by atoms with van der Waals surface area (Å²) in [7, 11) is 0. The first-order valence-corrected chi connectivity index (χ1v) is 12.1. The molecule has 2 unspecified atom stereocenters. The molecule has 170 valence electrons. The van der Waals surface area contributed by atoms with Gasteiger partial charge < -0.3 is 18.9 Å². The Labute approximate surface area is 198 Å². The minimum absolute atomic E-state index is 0.389. The topological polar surface area (TPSA) is 36.9 Å². The van der Waals surface area contributed by atoms with Gasteiger partial charge in [-0.2, -0.15) is 0 Å². The van der Waals surface area contributed by atoms with Crippen molar-refractivity contribution in [1.82, 2.24) is 0 Å². The molecule has 3 aromatic carbocycles. The summed E-state index contributed by atoms with van der Waals surface area (Å²) in [6.45, 7) is 3.11. The molecule has 4 aliphatic heterocycles. The van der Waals surface area contributed by atoms with Gasteiger partial charge in [-0.1, -0.05) is 43.3 Å². The van der Waals surface area contributed by atoms with Crippen molar-refractivity contribution in [2.45, 2.75) is 37.4 Å². The molecule has 0 saturated carbocycles. The molecule has 4 nitrogen and oxygen atoms in total. The number of ether oxygens (including phenoxy) is 4. The van der Waals surface area contributed by atoms with E-state index in [0.29, 0.717) is 13.2 Å². The third kappa shape index (κ3) is 2.98. The van der Waals surface area contributed by atoms with Gasteiger partial charge in [-0.25, -0.2) is 0 Å². The maximum absolute atomic E-state index is 6.61. The lowest BCUT2D eigenvalue weighted by atomic mass is 9.96. The highest BCUT2D eigenvalue weighted by Crippen LogP contribution is 2.46. The standard InChI is InChI=1S/C30H26O4/c1-2-20-7-8-25-26(17-20)28(32-19-30-15-11-22(34-30)12-16-30)24-6-4-3-5-23(24)27(25)31-18-29-13-9-21(33-29)10-14-29/h3-13,15,17H,2,14,16,18-19H2,1H3. The van der Waals surface area contributed by atoms with Gasteiger partial charge in [0.25, 0.3) is 0 Å². The molecule has 0 N–H and O–H groups in total. The van der Waals surface area contributed by atoms with E-state index in [1.54, 1.807) is 0 Å². The number of aryl methyl sites for hydroxylation is 1. The molecule has 0 aromatic heterocycles. The fraction of sp³-hybridized carbons (Fsp3) is 0.267. The monoisotopic (exact) mass is 450 g/mol. The first kappa shape index (κ1) is 19.8. The van der Waals surface area contributed by atoms with Crippen LogP contribution in [0.1, 0.15) is 25.3 Å². The molecule has 4 bridgehead atoms. The molecule has 0 radical (unpaired) electrons. The first-order chi connectivity index (χ1) is 16.7. The lowest BCUT2D eigenvalue weighted by Gasteiger charge is -2.26. The average Bonchev–Trinajstić information content (AvgIpc) is 3.67. The normalized spacial score (nSPS) is 25.6. The molecule has 4 aliphatic rings. The van der Waals surface area contributed by atoms with Crippen LogP contribution >= 0.6 is 0 Å². The quantitative estimate of drug-likeness (QED) is 0.383. The molecular formula is C30H26O4. The van der Waals surface area contributed by atoms with Crippen LogP contribution in [0.3, 0.4) is 0 Å². The van der Waals surface area contributed by atoms with Crippen LogP contribution in [0, 0.1) is 0 Å². The third-order valence-electron chi connectivity index (χ3n) is 7.36. The van der Waals surface area contributed by atoms with Gasteiger partial charge in [0.1, 0.15) is 36.2 Å². The van der Waals surface area contributed by atoms with Gasteiger partial charge in [0.05, 0.1) is 0 Å². The van der Waals surface area contributed by atoms with Crippen molar-refractivity contribution in [1.29, 1.82) is 0 Å². The van der Waals surface area contributed by atoms with Crippen LogP contribution in [0.25, 0.3) is 21.5 Å². The van der Waals surface area contributed by atoms with Crippen molar-refractivity contribution in [3.05, 3.63) is 96.0 Å². The Balaban J connectivity index is 1.33. The van der Waals surface area contributed by atoms with Crippen molar-refractivity contribution >= 4 is 21.5 Å². The molecule has 7 rings (SSSR count). The Morgan fingerprint density at radius 3 is 1.76 bits per heavy atom. The van der Waals surface area contributed by atoms with E-state index in [1.807, 2.05) is 12.2 Å². The highest BCUT2D eigenvalue weighted by atomic mass is 16.6. The van der Waals surface area contributed by atoms with E-state index in [-0.39, 0.29) is 5.60 Å². The van der Waals surface area contributed by atoms with Crippen LogP contribution in [0.2, 0.25) is 0 Å². The van der Waals surface area contributed by atoms with E-state index in [4.69, 9.17) is 18.9 Å². The molecule has 0 spiro atoms. The van der Waals surface area contributed by atoms with E-state index < -0.39 is 5.60 Å². The Morgan fingerprint density at radius 2 is 1.29 bits per heavy atom. The van der Waals surface area contributed by atoms with Crippen LogP contribution in [0.15, 0.2) is 90.4 Å². The van der Waals surface area contributed by atoms with Gasteiger partial charge in [-0.15, -0.1) is 0 Å². The molecule has 0 amide bonds. The lowest BCUT2D eigenvalue weighted by molar-refractivity contribution is 0.0429. The third-order valence-corrected chi connectivity index (χ3v) is 7.36. The number of rotatable bonds is 7. The minimum Gasteiger partial charge on any atom is -0.488 e. The number of benzene rings is 3. The maximum atomic E-state index is 6.61. The number of hydrogen-bond donors (Lipinski definition) is 0. The van der Waals surface area contributed by atoms with Crippen LogP contribution < -0.4 is 9.47 Å². The van der Waals surface area contributed by atoms with Crippen LogP contribution in [0.5, 0.6) is 11.5 Å². The van der Waals surface area contributed by atoms with Gasteiger partial charge >= 0.3 is 0 Å². The highest BCUT2D eigenvalue weighted by molar-refractivity contribution is 6.11. The molecular weight excluding hydrogens is 424 g/mol. The van der Waals surface area contributed by atoms with Gasteiger partial charge in [0, 0.05) is 34.4 Å². The molecule has 4 heterocycles. The summed E-state index contributed by atoms with van der Waals surface area (Å²) in [4.78, 5) is 0. The van der Waals surface area contributed by atoms with Crippen molar-refractivity contribution in [3.8, 4) is 11.5 Å². The SMILES string of the molecule is CCc1ccc2c(OCC34C=CC(=CC3)O4)c3ccccc3c(OCC34C=CC(=CC3)O4)c2c1. The van der Waals surface area contributed by atoms with E-state index in [2.05, 4.69) is 73.7 Å². The summed E-state index contributed by atoms with van der Waals surface area (Å²) in [6.07, 6.45) is 15.2. The molecule has 4 heteroatoms. The zero-order chi connectivity index (χ0) is 22.8. The van der Waals surface area contributed by atoms with Gasteiger partial charge in [0.15, 0.2) is 11.2 Å². The van der Waals surface area contributed by atoms with Crippen LogP contribution in [-0.4, -0.2) is 24.4 Å². The number of allylic oxidation sites excluding steroid dienone is 2. The van der Waals surface area contributed by atoms with E-state index in [0.717, 1.165) is 63.8 Å². The fourth-order valence-corrected chi connectivity index (χ4v) is 5.40. The predicted octanol–water partition coefficient (Wildman–Crippen LogP) is 6.54. The van der Waals surface area contributed by atoms with Crippen molar-refractivity contribution < 1.29 is 18.9 Å². The van der Waals surface area contributed by atoms with Crippen LogP contribution in [-0.2, 0) is 15.9 Å². The Bertz CT molecular complexity index is 1460. The van der Waals surface area contributed by atoms with E-state index in [1.165, 1.54) is 5.56 Å². The molecule has 0 fully saturated rings. The molecule has 0 aliphatic carbocycles. The second kappa shape index (κ2) is 7.17. The zero-order valence-electron chi connectivity index (χ0n) is 19.2. The van der Waals surface area contributed by atoms with Crippen molar-refractivity contribution in [2.75, 3.05) is 13.2 Å². The molecule has 34 heavy (non-hydrogen) atoms. The summed E-state index contributed by atoms with van der Waals surface area (Å²) in [5, 5.41) is 4.22. The number of fused-ring (bicyclic) bond motifs is 6. The Hall–Kier alpha value is -3.66. The Morgan fingerprint density at radius 1 is 0.735 bits per heavy atom. The summed E-state index contributed by atoms with van der Waals surface area (Å²) >= 11 is 0. The summed E-state index contributed by atoms with van der Waals surface area (Å²) in [5.41, 5.74) is 0.488. The summed E-state index contributed by atoms with van der Waals surface area (Å²) in [5.74, 6) is 3.66. The second-order valence-electron chi connectivity index (χ2n) is 9.64. The Kier molecular flexibility index (Phi) is 4.17. The fourth-order valence-electron chi connectivity index (χ4n) is 5.40. The largest absolute Gasteiger partial charge is 0.488 e.